The second-order valence-electron chi connectivity index (χ2n) is 11.3. The number of hydrogen-bond donors (Lipinski definition) is 1. The normalized spacial score (nSPS) is 27.8. The summed E-state index contributed by atoms with van der Waals surface area (Å²) in [6, 6.07) is 12.9. The van der Waals surface area contributed by atoms with E-state index in [1.807, 2.05) is 18.2 Å². The van der Waals surface area contributed by atoms with Crippen LogP contribution in [0.25, 0.3) is 0 Å². The average molecular weight is 434 g/mol. The van der Waals surface area contributed by atoms with Crippen molar-refractivity contribution in [3.63, 3.8) is 0 Å². The first kappa shape index (κ1) is 21.7. The molecule has 1 N–H and O–H groups in total. The zero-order valence-electron chi connectivity index (χ0n) is 20.0. The van der Waals surface area contributed by atoms with Crippen LogP contribution in [0.2, 0.25) is 0 Å². The molecule has 0 saturated carbocycles. The van der Waals surface area contributed by atoms with Crippen LogP contribution in [-0.2, 0) is 21.0 Å². The SMILES string of the molecule is CC1(C)CCC(C)(C)c2cc(C3(C)COc4ccc(C(=O)C5CNCCO5)cc43)ccc21. The van der Waals surface area contributed by atoms with E-state index in [4.69, 9.17) is 9.47 Å². The summed E-state index contributed by atoms with van der Waals surface area (Å²) >= 11 is 0. The van der Waals surface area contributed by atoms with Gasteiger partial charge in [0.15, 0.2) is 5.78 Å². The molecule has 0 amide bonds. The molecule has 1 fully saturated rings. The summed E-state index contributed by atoms with van der Waals surface area (Å²) in [5.41, 5.74) is 6.05. The van der Waals surface area contributed by atoms with E-state index in [2.05, 4.69) is 58.1 Å². The van der Waals surface area contributed by atoms with Gasteiger partial charge in [-0.1, -0.05) is 45.9 Å². The minimum atomic E-state index is -0.415. The summed E-state index contributed by atoms with van der Waals surface area (Å²) in [6.45, 7) is 14.2. The van der Waals surface area contributed by atoms with Crippen LogP contribution in [0.15, 0.2) is 36.4 Å². The van der Waals surface area contributed by atoms with Gasteiger partial charge in [0.25, 0.3) is 0 Å². The number of carbonyl (C=O) groups excluding carboxylic acids is 1. The monoisotopic (exact) mass is 433 g/mol. The van der Waals surface area contributed by atoms with E-state index < -0.39 is 6.10 Å². The molecule has 5 rings (SSSR count). The van der Waals surface area contributed by atoms with Gasteiger partial charge in [-0.2, -0.15) is 0 Å². The van der Waals surface area contributed by atoms with Gasteiger partial charge in [-0.05, 0) is 65.5 Å². The van der Waals surface area contributed by atoms with Gasteiger partial charge >= 0.3 is 0 Å². The van der Waals surface area contributed by atoms with E-state index in [1.165, 1.54) is 29.5 Å². The van der Waals surface area contributed by atoms with Crippen LogP contribution in [0.3, 0.4) is 0 Å². The number of carbonyl (C=O) groups is 1. The molecule has 0 radical (unpaired) electrons. The summed E-state index contributed by atoms with van der Waals surface area (Å²) < 4.78 is 11.8. The molecule has 170 valence electrons. The van der Waals surface area contributed by atoms with E-state index in [1.54, 1.807) is 0 Å². The van der Waals surface area contributed by atoms with Crippen molar-refractivity contribution in [3.8, 4) is 5.75 Å². The molecular weight excluding hydrogens is 398 g/mol. The second-order valence-corrected chi connectivity index (χ2v) is 11.3. The van der Waals surface area contributed by atoms with Crippen LogP contribution in [-0.4, -0.2) is 38.2 Å². The highest BCUT2D eigenvalue weighted by atomic mass is 16.5. The van der Waals surface area contributed by atoms with Crippen molar-refractivity contribution in [1.29, 1.82) is 0 Å². The molecule has 2 aliphatic heterocycles. The van der Waals surface area contributed by atoms with Crippen LogP contribution in [0, 0.1) is 0 Å². The minimum Gasteiger partial charge on any atom is -0.492 e. The number of fused-ring (bicyclic) bond motifs is 2. The highest BCUT2D eigenvalue weighted by Gasteiger charge is 2.42. The zero-order chi connectivity index (χ0) is 22.7. The van der Waals surface area contributed by atoms with Crippen LogP contribution in [0.4, 0.5) is 0 Å². The minimum absolute atomic E-state index is 0.0440. The first-order chi connectivity index (χ1) is 15.1. The van der Waals surface area contributed by atoms with Crippen molar-refractivity contribution < 1.29 is 14.3 Å². The summed E-state index contributed by atoms with van der Waals surface area (Å²) in [6.07, 6.45) is 1.98. The van der Waals surface area contributed by atoms with Crippen LogP contribution >= 0.6 is 0 Å². The lowest BCUT2D eigenvalue weighted by atomic mass is 9.62. The van der Waals surface area contributed by atoms with Crippen molar-refractivity contribution in [2.75, 3.05) is 26.3 Å². The smallest absolute Gasteiger partial charge is 0.192 e. The van der Waals surface area contributed by atoms with E-state index in [0.717, 1.165) is 17.9 Å². The predicted molar refractivity (Wildman–Crippen MR) is 127 cm³/mol. The number of ether oxygens (including phenoxy) is 2. The fraction of sp³-hybridized carbons (Fsp3) is 0.536. The molecule has 1 saturated heterocycles. The lowest BCUT2D eigenvalue weighted by molar-refractivity contribution is 0.0269. The zero-order valence-corrected chi connectivity index (χ0v) is 20.0. The fourth-order valence-corrected chi connectivity index (χ4v) is 5.63. The first-order valence-corrected chi connectivity index (χ1v) is 11.9. The Morgan fingerprint density at radius 1 is 0.938 bits per heavy atom. The van der Waals surface area contributed by atoms with Gasteiger partial charge in [0.1, 0.15) is 18.5 Å². The fourth-order valence-electron chi connectivity index (χ4n) is 5.63. The highest BCUT2D eigenvalue weighted by molar-refractivity contribution is 6.00. The number of hydrogen-bond acceptors (Lipinski definition) is 4. The Morgan fingerprint density at radius 3 is 2.41 bits per heavy atom. The predicted octanol–water partition coefficient (Wildman–Crippen LogP) is 4.91. The van der Waals surface area contributed by atoms with Gasteiger partial charge < -0.3 is 14.8 Å². The number of morpholine rings is 1. The molecule has 0 bridgehead atoms. The molecule has 4 nitrogen and oxygen atoms in total. The third kappa shape index (κ3) is 3.39. The van der Waals surface area contributed by atoms with Gasteiger partial charge in [0.05, 0.1) is 12.0 Å². The topological polar surface area (TPSA) is 47.6 Å². The first-order valence-electron chi connectivity index (χ1n) is 11.9. The van der Waals surface area contributed by atoms with Crippen molar-refractivity contribution in [2.24, 2.45) is 0 Å². The molecule has 2 atom stereocenters. The summed E-state index contributed by atoms with van der Waals surface area (Å²) in [7, 11) is 0. The average Bonchev–Trinajstić information content (AvgIpc) is 3.14. The number of rotatable bonds is 3. The van der Waals surface area contributed by atoms with Crippen LogP contribution in [0.5, 0.6) is 5.75 Å². The maximum atomic E-state index is 13.1. The molecule has 3 aliphatic rings. The Kier molecular flexibility index (Phi) is 5.03. The molecule has 0 spiro atoms. The standard InChI is InChI=1S/C28H35NO3/c1-26(2)10-11-27(3,4)21-15-19(7-8-20(21)26)28(5)17-32-23-9-6-18(14-22(23)28)25(30)24-16-29-12-13-31-24/h6-9,14-15,24,29H,10-13,16-17H2,1-5H3. The Hall–Kier alpha value is -2.17. The van der Waals surface area contributed by atoms with E-state index in [9.17, 15) is 4.79 Å². The number of ketones is 1. The molecule has 2 heterocycles. The van der Waals surface area contributed by atoms with Gasteiger partial charge in [0, 0.05) is 24.2 Å². The van der Waals surface area contributed by atoms with Crippen LogP contribution in [0.1, 0.15) is 80.1 Å². The Morgan fingerprint density at radius 2 is 1.69 bits per heavy atom. The molecule has 2 aromatic rings. The highest BCUT2D eigenvalue weighted by Crippen LogP contribution is 2.49. The van der Waals surface area contributed by atoms with E-state index >= 15 is 0 Å². The largest absolute Gasteiger partial charge is 0.492 e. The van der Waals surface area contributed by atoms with E-state index in [0.29, 0.717) is 25.3 Å². The summed E-state index contributed by atoms with van der Waals surface area (Å²) in [5, 5.41) is 3.25. The second kappa shape index (κ2) is 7.43. The van der Waals surface area contributed by atoms with Crippen molar-refractivity contribution in [1.82, 2.24) is 5.32 Å². The van der Waals surface area contributed by atoms with Crippen molar-refractivity contribution >= 4 is 5.78 Å². The molecule has 4 heteroatoms. The van der Waals surface area contributed by atoms with Crippen molar-refractivity contribution in [2.45, 2.75) is 69.8 Å². The lowest BCUT2D eigenvalue weighted by Crippen LogP contribution is -2.43. The molecule has 2 aromatic carbocycles. The van der Waals surface area contributed by atoms with Gasteiger partial charge in [-0.25, -0.2) is 0 Å². The molecular formula is C28H35NO3. The third-order valence-corrected chi connectivity index (χ3v) is 8.08. The molecule has 32 heavy (non-hydrogen) atoms. The molecule has 2 unspecified atom stereocenters. The lowest BCUT2D eigenvalue weighted by Gasteiger charge is -2.42. The maximum absolute atomic E-state index is 13.1. The van der Waals surface area contributed by atoms with Gasteiger partial charge in [-0.15, -0.1) is 0 Å². The number of benzene rings is 2. The third-order valence-electron chi connectivity index (χ3n) is 8.08. The number of Topliss-reactive ketones (excluding diaryl/α,β-unsaturated/α-hetero) is 1. The summed E-state index contributed by atoms with van der Waals surface area (Å²) in [4.78, 5) is 13.1. The Bertz CT molecular complexity index is 1060. The Balaban J connectivity index is 1.55. The van der Waals surface area contributed by atoms with Crippen LogP contribution < -0.4 is 10.1 Å². The molecule has 1 aliphatic carbocycles. The summed E-state index contributed by atoms with van der Waals surface area (Å²) in [5.74, 6) is 0.923. The van der Waals surface area contributed by atoms with Crippen molar-refractivity contribution in [3.05, 3.63) is 64.2 Å². The molecule has 0 aromatic heterocycles. The van der Waals surface area contributed by atoms with Gasteiger partial charge in [-0.3, -0.25) is 4.79 Å². The Labute approximate surface area is 191 Å². The maximum Gasteiger partial charge on any atom is 0.192 e. The van der Waals surface area contributed by atoms with Gasteiger partial charge in [0.2, 0.25) is 0 Å². The number of nitrogens with one attached hydrogen (secondary N) is 1. The quantitative estimate of drug-likeness (QED) is 0.699. The van der Waals surface area contributed by atoms with E-state index in [-0.39, 0.29) is 22.0 Å².